The third kappa shape index (κ3) is 2.44. The molecule has 2 heterocycles. The number of pyridine rings is 1. The molecule has 0 atom stereocenters. The molecule has 0 spiro atoms. The summed E-state index contributed by atoms with van der Waals surface area (Å²) in [4.78, 5) is 10.3. The number of methoxy groups -OCH3 is 1. The molecule has 0 aromatic carbocycles. The zero-order chi connectivity index (χ0) is 12.4. The lowest BCUT2D eigenvalue weighted by atomic mass is 10.3. The Balaban J connectivity index is 2.43. The summed E-state index contributed by atoms with van der Waals surface area (Å²) in [5.74, 6) is 0.656. The van der Waals surface area contributed by atoms with Crippen LogP contribution in [-0.4, -0.2) is 30.4 Å². The molecule has 0 N–H and O–H groups in total. The van der Waals surface area contributed by atoms with Crippen LogP contribution in [0.4, 0.5) is 11.5 Å². The van der Waals surface area contributed by atoms with E-state index in [2.05, 4.69) is 16.6 Å². The molecule has 0 amide bonds. The second kappa shape index (κ2) is 5.04. The number of aliphatic imine (C=N–C) groups is 1. The van der Waals surface area contributed by atoms with E-state index in [1.54, 1.807) is 19.2 Å². The van der Waals surface area contributed by atoms with Gasteiger partial charge < -0.3 is 9.64 Å². The SMILES string of the molecule is C=C1C(Cl)=Nc2ccc(Cl)nc2N1CCOC. The van der Waals surface area contributed by atoms with Crippen LogP contribution in [0.15, 0.2) is 29.4 Å². The van der Waals surface area contributed by atoms with Crippen molar-refractivity contribution in [2.45, 2.75) is 0 Å². The number of hydrogen-bond donors (Lipinski definition) is 0. The van der Waals surface area contributed by atoms with Crippen LogP contribution in [-0.2, 0) is 4.74 Å². The molecule has 1 aliphatic heterocycles. The molecule has 0 saturated heterocycles. The number of ether oxygens (including phenoxy) is 1. The van der Waals surface area contributed by atoms with E-state index in [-0.39, 0.29) is 0 Å². The predicted molar refractivity (Wildman–Crippen MR) is 70.6 cm³/mol. The standard InChI is InChI=1S/C11H11Cl2N3O/c1-7-10(13)14-8-3-4-9(12)15-11(8)16(7)5-6-17-2/h3-4H,1,5-6H2,2H3. The topological polar surface area (TPSA) is 37.7 Å². The van der Waals surface area contributed by atoms with Crippen LogP contribution in [0.5, 0.6) is 0 Å². The fraction of sp³-hybridized carbons (Fsp3) is 0.273. The van der Waals surface area contributed by atoms with E-state index in [1.165, 1.54) is 0 Å². The number of anilines is 1. The summed E-state index contributed by atoms with van der Waals surface area (Å²) >= 11 is 11.9. The third-order valence-corrected chi connectivity index (χ3v) is 2.89. The van der Waals surface area contributed by atoms with Crippen LogP contribution in [0, 0.1) is 0 Å². The van der Waals surface area contributed by atoms with Crippen molar-refractivity contribution < 1.29 is 4.74 Å². The van der Waals surface area contributed by atoms with Gasteiger partial charge in [0, 0.05) is 13.7 Å². The van der Waals surface area contributed by atoms with Gasteiger partial charge in [0.05, 0.1) is 12.3 Å². The van der Waals surface area contributed by atoms with E-state index in [4.69, 9.17) is 27.9 Å². The Morgan fingerprint density at radius 2 is 2.18 bits per heavy atom. The molecule has 0 fully saturated rings. The number of aromatic nitrogens is 1. The third-order valence-electron chi connectivity index (χ3n) is 2.38. The van der Waals surface area contributed by atoms with Crippen LogP contribution < -0.4 is 4.90 Å². The van der Waals surface area contributed by atoms with Crippen LogP contribution >= 0.6 is 23.2 Å². The Bertz CT molecular complexity index is 488. The van der Waals surface area contributed by atoms with Crippen LogP contribution in [0.2, 0.25) is 5.15 Å². The van der Waals surface area contributed by atoms with Gasteiger partial charge in [0.1, 0.15) is 10.8 Å². The van der Waals surface area contributed by atoms with Gasteiger partial charge in [-0.25, -0.2) is 9.98 Å². The largest absolute Gasteiger partial charge is 0.383 e. The highest BCUT2D eigenvalue weighted by molar-refractivity contribution is 6.70. The number of rotatable bonds is 3. The van der Waals surface area contributed by atoms with Crippen molar-refractivity contribution in [1.29, 1.82) is 0 Å². The number of halogens is 2. The number of fused-ring (bicyclic) bond motifs is 1. The molecule has 0 aliphatic carbocycles. The summed E-state index contributed by atoms with van der Waals surface area (Å²) in [6, 6.07) is 3.45. The molecule has 1 aromatic heterocycles. The number of allylic oxidation sites excluding steroid dienone is 1. The maximum atomic E-state index is 6.02. The first-order valence-electron chi connectivity index (χ1n) is 5.00. The highest BCUT2D eigenvalue weighted by Gasteiger charge is 2.23. The van der Waals surface area contributed by atoms with Gasteiger partial charge in [0.2, 0.25) is 0 Å². The van der Waals surface area contributed by atoms with Crippen molar-refractivity contribution in [2.24, 2.45) is 4.99 Å². The lowest BCUT2D eigenvalue weighted by Crippen LogP contribution is -2.31. The van der Waals surface area contributed by atoms with E-state index in [0.717, 1.165) is 0 Å². The van der Waals surface area contributed by atoms with Crippen molar-refractivity contribution in [1.82, 2.24) is 4.98 Å². The minimum Gasteiger partial charge on any atom is -0.383 e. The molecule has 0 bridgehead atoms. The van der Waals surface area contributed by atoms with Crippen molar-refractivity contribution in [3.63, 3.8) is 0 Å². The molecule has 17 heavy (non-hydrogen) atoms. The maximum absolute atomic E-state index is 6.02. The fourth-order valence-electron chi connectivity index (χ4n) is 1.54. The Morgan fingerprint density at radius 3 is 2.88 bits per heavy atom. The monoisotopic (exact) mass is 271 g/mol. The minimum absolute atomic E-state index is 0.359. The summed E-state index contributed by atoms with van der Waals surface area (Å²) in [5, 5.41) is 0.768. The first kappa shape index (κ1) is 12.4. The zero-order valence-electron chi connectivity index (χ0n) is 9.28. The smallest absolute Gasteiger partial charge is 0.160 e. The Morgan fingerprint density at radius 1 is 1.41 bits per heavy atom. The molecule has 4 nitrogen and oxygen atoms in total. The summed E-state index contributed by atoms with van der Waals surface area (Å²) in [6.07, 6.45) is 0. The lowest BCUT2D eigenvalue weighted by molar-refractivity contribution is 0.206. The Kier molecular flexibility index (Phi) is 3.66. The number of hydrogen-bond acceptors (Lipinski definition) is 4. The highest BCUT2D eigenvalue weighted by atomic mass is 35.5. The molecule has 1 aromatic rings. The van der Waals surface area contributed by atoms with Gasteiger partial charge in [-0.3, -0.25) is 0 Å². The van der Waals surface area contributed by atoms with E-state index in [1.807, 2.05) is 4.90 Å². The Hall–Kier alpha value is -1.10. The second-order valence-corrected chi connectivity index (χ2v) is 4.22. The molecular formula is C11H11Cl2N3O. The molecule has 2 rings (SSSR count). The van der Waals surface area contributed by atoms with E-state index < -0.39 is 0 Å². The van der Waals surface area contributed by atoms with Crippen molar-refractivity contribution in [3.8, 4) is 0 Å². The average Bonchev–Trinajstić information content (AvgIpc) is 2.31. The minimum atomic E-state index is 0.359. The second-order valence-electron chi connectivity index (χ2n) is 3.47. The normalized spacial score (nSPS) is 14.6. The average molecular weight is 272 g/mol. The predicted octanol–water partition coefficient (Wildman–Crippen LogP) is 2.98. The lowest BCUT2D eigenvalue weighted by Gasteiger charge is -2.29. The number of nitrogens with zero attached hydrogens (tertiary/aromatic N) is 3. The van der Waals surface area contributed by atoms with Crippen LogP contribution in [0.3, 0.4) is 0 Å². The summed E-state index contributed by atoms with van der Waals surface area (Å²) < 4.78 is 5.05. The van der Waals surface area contributed by atoms with Gasteiger partial charge >= 0.3 is 0 Å². The molecular weight excluding hydrogens is 261 g/mol. The van der Waals surface area contributed by atoms with Crippen LogP contribution in [0.1, 0.15) is 0 Å². The summed E-state index contributed by atoms with van der Waals surface area (Å²) in [5.41, 5.74) is 1.29. The first-order chi connectivity index (χ1) is 8.13. The van der Waals surface area contributed by atoms with E-state index >= 15 is 0 Å². The van der Waals surface area contributed by atoms with Crippen LogP contribution in [0.25, 0.3) is 0 Å². The summed E-state index contributed by atoms with van der Waals surface area (Å²) in [6.45, 7) is 5.02. The van der Waals surface area contributed by atoms with Gasteiger partial charge in [0.25, 0.3) is 0 Å². The highest BCUT2D eigenvalue weighted by Crippen LogP contribution is 2.35. The Labute approximate surface area is 110 Å². The van der Waals surface area contributed by atoms with Crippen molar-refractivity contribution in [3.05, 3.63) is 29.6 Å². The molecule has 0 radical (unpaired) electrons. The molecule has 90 valence electrons. The molecule has 6 heteroatoms. The van der Waals surface area contributed by atoms with Gasteiger partial charge in [-0.1, -0.05) is 29.8 Å². The van der Waals surface area contributed by atoms with E-state index in [9.17, 15) is 0 Å². The van der Waals surface area contributed by atoms with Crippen molar-refractivity contribution >= 4 is 39.9 Å². The quantitative estimate of drug-likeness (QED) is 0.794. The maximum Gasteiger partial charge on any atom is 0.160 e. The van der Waals surface area contributed by atoms with Gasteiger partial charge in [-0.2, -0.15) is 0 Å². The molecule has 0 unspecified atom stereocenters. The van der Waals surface area contributed by atoms with Crippen molar-refractivity contribution in [2.75, 3.05) is 25.2 Å². The van der Waals surface area contributed by atoms with Gasteiger partial charge in [-0.15, -0.1) is 0 Å². The fourth-order valence-corrected chi connectivity index (χ4v) is 1.87. The zero-order valence-corrected chi connectivity index (χ0v) is 10.8. The first-order valence-corrected chi connectivity index (χ1v) is 5.75. The van der Waals surface area contributed by atoms with Gasteiger partial charge in [0.15, 0.2) is 11.0 Å². The molecule has 1 aliphatic rings. The molecule has 0 saturated carbocycles. The van der Waals surface area contributed by atoms with E-state index in [0.29, 0.717) is 40.7 Å². The van der Waals surface area contributed by atoms with Gasteiger partial charge in [-0.05, 0) is 12.1 Å². The summed E-state index contributed by atoms with van der Waals surface area (Å²) in [7, 11) is 1.63.